The smallest absolute Gasteiger partial charge is 0.224 e. The zero-order chi connectivity index (χ0) is 18.6. The molecule has 1 unspecified atom stereocenters. The molecule has 1 aliphatic rings. The molecule has 7 heteroatoms. The number of carbonyl (C=O) groups is 1. The molecule has 4 rings (SSSR count). The number of rotatable bonds is 5. The van der Waals surface area contributed by atoms with Crippen LogP contribution in [-0.4, -0.2) is 40.0 Å². The summed E-state index contributed by atoms with van der Waals surface area (Å²) in [7, 11) is 0. The number of nitrogens with zero attached hydrogens (tertiary/aromatic N) is 3. The van der Waals surface area contributed by atoms with Crippen molar-refractivity contribution < 1.29 is 4.79 Å². The van der Waals surface area contributed by atoms with Gasteiger partial charge in [-0.15, -0.1) is 24.8 Å². The largest absolute Gasteiger partial charge is 0.333 e. The first kappa shape index (κ1) is 23.2. The van der Waals surface area contributed by atoms with Crippen LogP contribution >= 0.6 is 24.8 Å². The topological polar surface area (TPSA) is 50.2 Å². The van der Waals surface area contributed by atoms with Crippen molar-refractivity contribution in [3.05, 3.63) is 66.0 Å². The van der Waals surface area contributed by atoms with Gasteiger partial charge in [0.25, 0.3) is 0 Å². The number of hydrogen-bond donors (Lipinski definition) is 1. The Labute approximate surface area is 184 Å². The van der Waals surface area contributed by atoms with E-state index in [1.807, 2.05) is 29.4 Å². The molecule has 5 nitrogen and oxygen atoms in total. The van der Waals surface area contributed by atoms with Crippen molar-refractivity contribution in [3.8, 4) is 0 Å². The lowest BCUT2D eigenvalue weighted by atomic mass is 10.0. The Hall–Kier alpha value is -2.08. The molecule has 3 aromatic rings. The van der Waals surface area contributed by atoms with E-state index in [9.17, 15) is 4.79 Å². The van der Waals surface area contributed by atoms with Crippen molar-refractivity contribution in [2.75, 3.05) is 19.6 Å². The van der Waals surface area contributed by atoms with Gasteiger partial charge < -0.3 is 14.8 Å². The Morgan fingerprint density at radius 2 is 1.90 bits per heavy atom. The molecular formula is C22H28Cl2N4O. The van der Waals surface area contributed by atoms with Crippen molar-refractivity contribution in [1.82, 2.24) is 19.8 Å². The molecule has 0 aliphatic carbocycles. The van der Waals surface area contributed by atoms with Gasteiger partial charge in [0.2, 0.25) is 5.91 Å². The molecule has 1 aliphatic heterocycles. The normalized spacial score (nSPS) is 16.2. The first-order valence-electron chi connectivity index (χ1n) is 9.75. The molecule has 0 bridgehead atoms. The fourth-order valence-electron chi connectivity index (χ4n) is 3.82. The number of para-hydroxylation sites is 2. The molecule has 1 N–H and O–H groups in total. The van der Waals surface area contributed by atoms with Crippen LogP contribution in [0, 0.1) is 0 Å². The summed E-state index contributed by atoms with van der Waals surface area (Å²) < 4.78 is 2.07. The van der Waals surface area contributed by atoms with Crippen LogP contribution in [0.1, 0.15) is 30.5 Å². The highest BCUT2D eigenvalue weighted by molar-refractivity contribution is 5.85. The van der Waals surface area contributed by atoms with E-state index in [1.54, 1.807) is 0 Å². The fraction of sp³-hybridized carbons (Fsp3) is 0.364. The molecule has 0 radical (unpaired) electrons. The molecule has 1 atom stereocenters. The van der Waals surface area contributed by atoms with E-state index in [4.69, 9.17) is 0 Å². The summed E-state index contributed by atoms with van der Waals surface area (Å²) >= 11 is 0. The predicted molar refractivity (Wildman–Crippen MR) is 122 cm³/mol. The molecule has 1 amide bonds. The third-order valence-corrected chi connectivity index (χ3v) is 5.43. The highest BCUT2D eigenvalue weighted by Gasteiger charge is 2.27. The Balaban J connectivity index is 0.00000150. The first-order valence-corrected chi connectivity index (χ1v) is 9.75. The molecular weight excluding hydrogens is 407 g/mol. The van der Waals surface area contributed by atoms with E-state index in [1.165, 1.54) is 11.1 Å². The van der Waals surface area contributed by atoms with Crippen molar-refractivity contribution in [2.45, 2.75) is 32.4 Å². The van der Waals surface area contributed by atoms with Gasteiger partial charge >= 0.3 is 0 Å². The predicted octanol–water partition coefficient (Wildman–Crippen LogP) is 4.01. The molecule has 2 aromatic carbocycles. The molecule has 29 heavy (non-hydrogen) atoms. The summed E-state index contributed by atoms with van der Waals surface area (Å²) in [5, 5.41) is 3.43. The van der Waals surface area contributed by atoms with Gasteiger partial charge in [-0.1, -0.05) is 43.3 Å². The van der Waals surface area contributed by atoms with Crippen LogP contribution in [0.5, 0.6) is 0 Å². The summed E-state index contributed by atoms with van der Waals surface area (Å²) in [6, 6.07) is 16.8. The summed E-state index contributed by atoms with van der Waals surface area (Å²) in [5.41, 5.74) is 4.59. The van der Waals surface area contributed by atoms with Crippen LogP contribution in [0.2, 0.25) is 0 Å². The van der Waals surface area contributed by atoms with E-state index in [-0.39, 0.29) is 36.8 Å². The number of imidazole rings is 1. The lowest BCUT2D eigenvalue weighted by Crippen LogP contribution is -2.48. The summed E-state index contributed by atoms with van der Waals surface area (Å²) in [4.78, 5) is 19.5. The third-order valence-electron chi connectivity index (χ3n) is 5.43. The Kier molecular flexibility index (Phi) is 8.50. The minimum absolute atomic E-state index is 0. The van der Waals surface area contributed by atoms with Gasteiger partial charge in [-0.05, 0) is 29.7 Å². The second kappa shape index (κ2) is 10.6. The molecule has 0 saturated carbocycles. The number of halogens is 2. The lowest BCUT2D eigenvalue weighted by molar-refractivity contribution is -0.134. The van der Waals surface area contributed by atoms with E-state index >= 15 is 0 Å². The van der Waals surface area contributed by atoms with Crippen molar-refractivity contribution in [3.63, 3.8) is 0 Å². The van der Waals surface area contributed by atoms with Gasteiger partial charge in [0, 0.05) is 32.6 Å². The summed E-state index contributed by atoms with van der Waals surface area (Å²) in [6.07, 6.45) is 3.35. The standard InChI is InChI=1S/C22H26N4O.2ClH/c1-2-17-7-9-18(10-8-17)21-15-23-12-14-26(21)22(27)11-13-25-16-24-19-5-3-4-6-20(19)25;;/h3-10,16,21,23H,2,11-15H2,1H3;2*1H. The number of amides is 1. The minimum atomic E-state index is 0. The fourth-order valence-corrected chi connectivity index (χ4v) is 3.82. The maximum atomic E-state index is 13.0. The van der Waals surface area contributed by atoms with Gasteiger partial charge in [0.05, 0.1) is 23.4 Å². The number of aromatic nitrogens is 2. The zero-order valence-electron chi connectivity index (χ0n) is 16.6. The van der Waals surface area contributed by atoms with E-state index in [2.05, 4.69) is 52.1 Å². The number of hydrogen-bond acceptors (Lipinski definition) is 3. The van der Waals surface area contributed by atoms with Gasteiger partial charge in [0.15, 0.2) is 0 Å². The quantitative estimate of drug-likeness (QED) is 0.659. The SMILES string of the molecule is CCc1ccc(C2CNCCN2C(=O)CCn2cnc3ccccc32)cc1.Cl.Cl. The minimum Gasteiger partial charge on any atom is -0.333 e. The lowest BCUT2D eigenvalue weighted by Gasteiger charge is -2.36. The Morgan fingerprint density at radius 3 is 2.66 bits per heavy atom. The second-order valence-corrected chi connectivity index (χ2v) is 7.08. The molecule has 156 valence electrons. The Morgan fingerprint density at radius 1 is 1.14 bits per heavy atom. The average molecular weight is 435 g/mol. The van der Waals surface area contributed by atoms with Crippen LogP contribution in [0.25, 0.3) is 11.0 Å². The maximum absolute atomic E-state index is 13.0. The highest BCUT2D eigenvalue weighted by atomic mass is 35.5. The van der Waals surface area contributed by atoms with Gasteiger partial charge in [-0.2, -0.15) is 0 Å². The van der Waals surface area contributed by atoms with Crippen molar-refractivity contribution >= 4 is 41.8 Å². The summed E-state index contributed by atoms with van der Waals surface area (Å²) in [5.74, 6) is 0.207. The second-order valence-electron chi connectivity index (χ2n) is 7.08. The van der Waals surface area contributed by atoms with Crippen LogP contribution in [0.15, 0.2) is 54.9 Å². The average Bonchev–Trinajstić information content (AvgIpc) is 3.15. The monoisotopic (exact) mass is 434 g/mol. The van der Waals surface area contributed by atoms with Gasteiger partial charge in [0.1, 0.15) is 0 Å². The van der Waals surface area contributed by atoms with Crippen molar-refractivity contribution in [2.24, 2.45) is 0 Å². The van der Waals surface area contributed by atoms with Gasteiger partial charge in [-0.25, -0.2) is 4.98 Å². The third kappa shape index (κ3) is 5.10. The van der Waals surface area contributed by atoms with Crippen LogP contribution in [0.3, 0.4) is 0 Å². The number of benzene rings is 2. The van der Waals surface area contributed by atoms with Crippen molar-refractivity contribution in [1.29, 1.82) is 0 Å². The highest BCUT2D eigenvalue weighted by Crippen LogP contribution is 2.24. The molecule has 1 saturated heterocycles. The number of nitrogens with one attached hydrogen (secondary N) is 1. The van der Waals surface area contributed by atoms with Crippen LogP contribution in [0.4, 0.5) is 0 Å². The van der Waals surface area contributed by atoms with E-state index < -0.39 is 0 Å². The summed E-state index contributed by atoms with van der Waals surface area (Å²) in [6.45, 7) is 5.23. The van der Waals surface area contributed by atoms with Crippen LogP contribution in [-0.2, 0) is 17.8 Å². The number of piperazine rings is 1. The Bertz CT molecular complexity index is 926. The van der Waals surface area contributed by atoms with E-state index in [0.29, 0.717) is 13.0 Å². The van der Waals surface area contributed by atoms with Gasteiger partial charge in [-0.3, -0.25) is 4.79 Å². The van der Waals surface area contributed by atoms with Crippen LogP contribution < -0.4 is 5.32 Å². The number of aryl methyl sites for hydroxylation is 2. The molecule has 2 heterocycles. The van der Waals surface area contributed by atoms with E-state index in [0.717, 1.165) is 37.1 Å². The molecule has 0 spiro atoms. The maximum Gasteiger partial charge on any atom is 0.224 e. The first-order chi connectivity index (χ1) is 13.3. The number of carbonyl (C=O) groups excluding carboxylic acids is 1. The molecule has 1 aromatic heterocycles. The molecule has 1 fully saturated rings. The number of fused-ring (bicyclic) bond motifs is 1. The zero-order valence-corrected chi connectivity index (χ0v) is 18.2.